The second-order valence-corrected chi connectivity index (χ2v) is 8.95. The number of carbonyl (C=O) groups excluding carboxylic acids is 1. The Balaban J connectivity index is 1.19. The van der Waals surface area contributed by atoms with Crippen LogP contribution in [0.5, 0.6) is 0 Å². The van der Waals surface area contributed by atoms with Crippen LogP contribution in [0, 0.1) is 10.1 Å². The van der Waals surface area contributed by atoms with Gasteiger partial charge in [0.2, 0.25) is 0 Å². The lowest BCUT2D eigenvalue weighted by Crippen LogP contribution is -2.45. The molecule has 0 spiro atoms. The largest absolute Gasteiger partial charge is 0.448 e. The highest BCUT2D eigenvalue weighted by atomic mass is 16.6. The van der Waals surface area contributed by atoms with Crippen LogP contribution >= 0.6 is 0 Å². The van der Waals surface area contributed by atoms with Crippen molar-refractivity contribution in [1.82, 2.24) is 5.32 Å². The Morgan fingerprint density at radius 3 is 2.18 bits per heavy atom. The molecule has 3 aromatic carbocycles. The van der Waals surface area contributed by atoms with Gasteiger partial charge in [0.25, 0.3) is 5.69 Å². The summed E-state index contributed by atoms with van der Waals surface area (Å²) in [4.78, 5) is 27.1. The first-order chi connectivity index (χ1) is 18.5. The molecule has 1 heterocycles. The standard InChI is InChI=1S/C28H32N6O4/c1-2-32(26-12-8-23(9-13-26)30-31-24-10-14-27(15-11-24)34(36)37)20-21-38-28(35)29-22-16-18-33(19-17-22)25-6-4-3-5-7-25/h3-15,22H,2,16-21H2,1H3,(H,29,35). The number of azo groups is 1. The lowest BCUT2D eigenvalue weighted by Gasteiger charge is -2.33. The van der Waals surface area contributed by atoms with E-state index in [9.17, 15) is 14.9 Å². The fraction of sp³-hybridized carbons (Fsp3) is 0.321. The maximum atomic E-state index is 12.3. The zero-order chi connectivity index (χ0) is 26.7. The number of hydrogen-bond acceptors (Lipinski definition) is 8. The maximum absolute atomic E-state index is 12.3. The third kappa shape index (κ3) is 7.52. The molecule has 38 heavy (non-hydrogen) atoms. The number of alkyl carbamates (subject to hydrolysis) is 1. The summed E-state index contributed by atoms with van der Waals surface area (Å²) in [7, 11) is 0. The van der Waals surface area contributed by atoms with E-state index in [4.69, 9.17) is 4.74 Å². The van der Waals surface area contributed by atoms with Gasteiger partial charge in [-0.15, -0.1) is 0 Å². The molecule has 1 aliphatic rings. The van der Waals surface area contributed by atoms with Crippen molar-refractivity contribution in [2.45, 2.75) is 25.8 Å². The first-order valence-electron chi connectivity index (χ1n) is 12.8. The smallest absolute Gasteiger partial charge is 0.407 e. The Morgan fingerprint density at radius 1 is 1.00 bits per heavy atom. The van der Waals surface area contributed by atoms with Crippen LogP contribution < -0.4 is 15.1 Å². The van der Waals surface area contributed by atoms with Crippen molar-refractivity contribution in [3.8, 4) is 0 Å². The Hall–Kier alpha value is -4.47. The van der Waals surface area contributed by atoms with Crippen molar-refractivity contribution in [2.75, 3.05) is 42.6 Å². The third-order valence-electron chi connectivity index (χ3n) is 6.47. The lowest BCUT2D eigenvalue weighted by molar-refractivity contribution is -0.384. The van der Waals surface area contributed by atoms with Crippen LogP contribution in [-0.4, -0.2) is 49.8 Å². The summed E-state index contributed by atoms with van der Waals surface area (Å²) in [5.74, 6) is 0. The molecule has 3 aromatic rings. The van der Waals surface area contributed by atoms with Crippen molar-refractivity contribution < 1.29 is 14.5 Å². The number of amides is 1. The number of para-hydroxylation sites is 1. The summed E-state index contributed by atoms with van der Waals surface area (Å²) in [5.41, 5.74) is 3.41. The van der Waals surface area contributed by atoms with Crippen molar-refractivity contribution in [3.63, 3.8) is 0 Å². The first kappa shape index (κ1) is 26.6. The van der Waals surface area contributed by atoms with Crippen LogP contribution in [0.4, 0.5) is 33.2 Å². The van der Waals surface area contributed by atoms with E-state index in [-0.39, 0.29) is 24.4 Å². The Labute approximate surface area is 222 Å². The van der Waals surface area contributed by atoms with Crippen LogP contribution in [0.15, 0.2) is 89.1 Å². The minimum Gasteiger partial charge on any atom is -0.448 e. The second kappa shape index (κ2) is 13.2. The van der Waals surface area contributed by atoms with Gasteiger partial charge in [0.15, 0.2) is 0 Å². The number of likely N-dealkylation sites (N-methyl/N-ethyl adjacent to an activating group) is 1. The van der Waals surface area contributed by atoms with Crippen molar-refractivity contribution in [1.29, 1.82) is 0 Å². The summed E-state index contributed by atoms with van der Waals surface area (Å²) >= 11 is 0. The molecule has 0 unspecified atom stereocenters. The predicted octanol–water partition coefficient (Wildman–Crippen LogP) is 6.23. The predicted molar refractivity (Wildman–Crippen MR) is 148 cm³/mol. The van der Waals surface area contributed by atoms with Gasteiger partial charge in [-0.25, -0.2) is 4.79 Å². The molecule has 0 aliphatic carbocycles. The fourth-order valence-electron chi connectivity index (χ4n) is 4.33. The number of hydrogen-bond donors (Lipinski definition) is 1. The summed E-state index contributed by atoms with van der Waals surface area (Å²) in [6.45, 7) is 5.46. The van der Waals surface area contributed by atoms with E-state index in [1.807, 2.05) is 49.4 Å². The monoisotopic (exact) mass is 516 g/mol. The van der Waals surface area contributed by atoms with Crippen LogP contribution in [0.2, 0.25) is 0 Å². The highest BCUT2D eigenvalue weighted by Gasteiger charge is 2.21. The average Bonchev–Trinajstić information content (AvgIpc) is 2.96. The number of anilines is 2. The van der Waals surface area contributed by atoms with Crippen molar-refractivity contribution >= 4 is 34.5 Å². The van der Waals surface area contributed by atoms with Gasteiger partial charge in [-0.2, -0.15) is 10.2 Å². The van der Waals surface area contributed by atoms with E-state index in [1.165, 1.54) is 17.8 Å². The third-order valence-corrected chi connectivity index (χ3v) is 6.47. The summed E-state index contributed by atoms with van der Waals surface area (Å²) < 4.78 is 5.46. The van der Waals surface area contributed by atoms with E-state index in [0.717, 1.165) is 38.2 Å². The maximum Gasteiger partial charge on any atom is 0.407 e. The molecule has 1 N–H and O–H groups in total. The average molecular weight is 517 g/mol. The van der Waals surface area contributed by atoms with Gasteiger partial charge in [0.05, 0.1) is 22.8 Å². The normalized spacial score (nSPS) is 13.9. The fourth-order valence-corrected chi connectivity index (χ4v) is 4.33. The number of benzene rings is 3. The van der Waals surface area contributed by atoms with Crippen LogP contribution in [0.1, 0.15) is 19.8 Å². The molecule has 1 amide bonds. The molecular weight excluding hydrogens is 484 g/mol. The highest BCUT2D eigenvalue weighted by molar-refractivity contribution is 5.67. The number of piperidine rings is 1. The lowest BCUT2D eigenvalue weighted by atomic mass is 10.0. The minimum atomic E-state index is -0.451. The molecular formula is C28H32N6O4. The number of non-ortho nitro benzene ring substituents is 1. The first-order valence-corrected chi connectivity index (χ1v) is 12.8. The van der Waals surface area contributed by atoms with Gasteiger partial charge in [-0.3, -0.25) is 10.1 Å². The number of nitro benzene ring substituents is 1. The molecule has 0 atom stereocenters. The van der Waals surface area contributed by atoms with Crippen molar-refractivity contribution in [3.05, 3.63) is 89.0 Å². The number of nitrogens with one attached hydrogen (secondary N) is 1. The van der Waals surface area contributed by atoms with Gasteiger partial charge in [0, 0.05) is 49.2 Å². The number of rotatable bonds is 10. The molecule has 0 saturated carbocycles. The molecule has 4 rings (SSSR count). The zero-order valence-electron chi connectivity index (χ0n) is 21.4. The SMILES string of the molecule is CCN(CCOC(=O)NC1CCN(c2ccccc2)CC1)c1ccc(N=Nc2ccc([N+](=O)[O-])cc2)cc1. The van der Waals surface area contributed by atoms with E-state index >= 15 is 0 Å². The molecule has 1 saturated heterocycles. The summed E-state index contributed by atoms with van der Waals surface area (Å²) in [6, 6.07) is 23.9. The van der Waals surface area contributed by atoms with E-state index in [2.05, 4.69) is 37.5 Å². The topological polar surface area (TPSA) is 113 Å². The molecule has 198 valence electrons. The van der Waals surface area contributed by atoms with E-state index in [0.29, 0.717) is 17.9 Å². The number of nitrogens with zero attached hydrogens (tertiary/aromatic N) is 5. The molecule has 1 fully saturated rings. The molecule has 1 aliphatic heterocycles. The van der Waals surface area contributed by atoms with Gasteiger partial charge in [0.1, 0.15) is 6.61 Å². The van der Waals surface area contributed by atoms with Gasteiger partial charge in [-0.1, -0.05) is 18.2 Å². The van der Waals surface area contributed by atoms with Crippen LogP contribution in [0.3, 0.4) is 0 Å². The van der Waals surface area contributed by atoms with Crippen LogP contribution in [0.25, 0.3) is 0 Å². The highest BCUT2D eigenvalue weighted by Crippen LogP contribution is 2.24. The van der Waals surface area contributed by atoms with Gasteiger partial charge < -0.3 is 19.9 Å². The minimum absolute atomic E-state index is 0.0126. The Kier molecular flexibility index (Phi) is 9.22. The molecule has 10 heteroatoms. The van der Waals surface area contributed by atoms with Crippen LogP contribution in [-0.2, 0) is 4.74 Å². The number of ether oxygens (including phenoxy) is 1. The van der Waals surface area contributed by atoms with E-state index < -0.39 is 4.92 Å². The molecule has 0 bridgehead atoms. The van der Waals surface area contributed by atoms with Gasteiger partial charge in [-0.05, 0) is 68.3 Å². The molecule has 10 nitrogen and oxygen atoms in total. The summed E-state index contributed by atoms with van der Waals surface area (Å²) in [5, 5.41) is 22.1. The molecule has 0 radical (unpaired) electrons. The second-order valence-electron chi connectivity index (χ2n) is 8.95. The molecule has 0 aromatic heterocycles. The Bertz CT molecular complexity index is 1210. The number of nitro groups is 1. The number of carbonyl (C=O) groups is 1. The van der Waals surface area contributed by atoms with Crippen molar-refractivity contribution in [2.24, 2.45) is 10.2 Å². The Morgan fingerprint density at radius 2 is 1.61 bits per heavy atom. The van der Waals surface area contributed by atoms with Gasteiger partial charge >= 0.3 is 6.09 Å². The summed E-state index contributed by atoms with van der Waals surface area (Å²) in [6.07, 6.45) is 1.40. The van der Waals surface area contributed by atoms with E-state index in [1.54, 1.807) is 12.1 Å². The quantitative estimate of drug-likeness (QED) is 0.194. The zero-order valence-corrected chi connectivity index (χ0v) is 21.4.